The van der Waals surface area contributed by atoms with Crippen LogP contribution in [0.15, 0.2) is 18.5 Å². The van der Waals surface area contributed by atoms with Crippen molar-refractivity contribution in [3.63, 3.8) is 0 Å². The van der Waals surface area contributed by atoms with Crippen LogP contribution in [0.1, 0.15) is 5.82 Å². The highest BCUT2D eigenvalue weighted by atomic mass is 14.9. The zero-order valence-electron chi connectivity index (χ0n) is 6.41. The molecule has 0 fully saturated rings. The largest absolute Gasteiger partial charge is 0.346 e. The first kappa shape index (κ1) is 6.86. The number of nitrogens with one attached hydrogen (secondary N) is 1. The Balaban J connectivity index is 2.54. The molecule has 0 radical (unpaired) electrons. The van der Waals surface area contributed by atoms with E-state index in [4.69, 9.17) is 6.42 Å². The highest BCUT2D eigenvalue weighted by molar-refractivity contribution is 5.73. The van der Waals surface area contributed by atoms with Gasteiger partial charge in [0.05, 0.1) is 6.42 Å². The summed E-state index contributed by atoms with van der Waals surface area (Å²) in [5, 5.41) is 1.01. The lowest BCUT2D eigenvalue weighted by Crippen LogP contribution is -1.92. The molecule has 12 heavy (non-hydrogen) atoms. The monoisotopic (exact) mass is 157 g/mol. The third kappa shape index (κ3) is 1.04. The third-order valence-electron chi connectivity index (χ3n) is 1.61. The van der Waals surface area contributed by atoms with E-state index in [0.29, 0.717) is 12.2 Å². The standard InChI is InChI=1S/C9H7N3/c1-2-3-8-11-6-7-4-5-10-9(7)12-8/h1,4-6H,3H2,(H,10,11,12). The second-order valence-electron chi connectivity index (χ2n) is 2.45. The van der Waals surface area contributed by atoms with Gasteiger partial charge in [0.1, 0.15) is 11.5 Å². The van der Waals surface area contributed by atoms with Crippen LogP contribution in [0.3, 0.4) is 0 Å². The van der Waals surface area contributed by atoms with Crippen molar-refractivity contribution in [3.8, 4) is 12.3 Å². The molecule has 0 aliphatic rings. The Hall–Kier alpha value is -1.82. The Morgan fingerprint density at radius 2 is 2.50 bits per heavy atom. The summed E-state index contributed by atoms with van der Waals surface area (Å²) in [6.07, 6.45) is 9.22. The summed E-state index contributed by atoms with van der Waals surface area (Å²) in [5.41, 5.74) is 0.843. The highest BCUT2D eigenvalue weighted by Gasteiger charge is 1.97. The minimum absolute atomic E-state index is 0.481. The van der Waals surface area contributed by atoms with E-state index in [1.807, 2.05) is 12.3 Å². The van der Waals surface area contributed by atoms with Crippen molar-refractivity contribution < 1.29 is 0 Å². The van der Waals surface area contributed by atoms with Gasteiger partial charge in [0.25, 0.3) is 0 Å². The van der Waals surface area contributed by atoms with Crippen LogP contribution < -0.4 is 0 Å². The van der Waals surface area contributed by atoms with E-state index in [1.54, 1.807) is 6.20 Å². The number of aromatic amines is 1. The number of terminal acetylenes is 1. The van der Waals surface area contributed by atoms with Crippen LogP contribution in [0, 0.1) is 12.3 Å². The number of aromatic nitrogens is 3. The lowest BCUT2D eigenvalue weighted by Gasteiger charge is -1.92. The predicted molar refractivity (Wildman–Crippen MR) is 46.4 cm³/mol. The average molecular weight is 157 g/mol. The SMILES string of the molecule is C#CCc1ncc2cc[nH]c2n1. The molecule has 0 amide bonds. The fourth-order valence-electron chi connectivity index (χ4n) is 1.05. The summed E-state index contributed by atoms with van der Waals surface area (Å²) >= 11 is 0. The summed E-state index contributed by atoms with van der Waals surface area (Å²) in [6, 6.07) is 1.93. The normalized spacial score (nSPS) is 9.92. The van der Waals surface area contributed by atoms with Crippen molar-refractivity contribution in [1.82, 2.24) is 15.0 Å². The number of hydrogen-bond donors (Lipinski definition) is 1. The van der Waals surface area contributed by atoms with Crippen LogP contribution in [-0.2, 0) is 6.42 Å². The average Bonchev–Trinajstić information content (AvgIpc) is 2.51. The zero-order valence-corrected chi connectivity index (χ0v) is 6.41. The molecule has 2 aromatic heterocycles. The van der Waals surface area contributed by atoms with Crippen molar-refractivity contribution >= 4 is 11.0 Å². The van der Waals surface area contributed by atoms with E-state index in [0.717, 1.165) is 11.0 Å². The van der Waals surface area contributed by atoms with Crippen molar-refractivity contribution in [2.24, 2.45) is 0 Å². The fraction of sp³-hybridized carbons (Fsp3) is 0.111. The van der Waals surface area contributed by atoms with Gasteiger partial charge in [-0.05, 0) is 6.07 Å². The maximum absolute atomic E-state index is 5.14. The van der Waals surface area contributed by atoms with Gasteiger partial charge in [0.15, 0.2) is 0 Å². The quantitative estimate of drug-likeness (QED) is 0.630. The Morgan fingerprint density at radius 1 is 1.58 bits per heavy atom. The smallest absolute Gasteiger partial charge is 0.142 e. The first-order valence-corrected chi connectivity index (χ1v) is 3.62. The summed E-state index contributed by atoms with van der Waals surface area (Å²) in [4.78, 5) is 11.3. The van der Waals surface area contributed by atoms with E-state index in [-0.39, 0.29) is 0 Å². The minimum Gasteiger partial charge on any atom is -0.346 e. The van der Waals surface area contributed by atoms with Gasteiger partial charge in [-0.1, -0.05) is 5.92 Å². The molecule has 0 atom stereocenters. The van der Waals surface area contributed by atoms with Gasteiger partial charge >= 0.3 is 0 Å². The molecule has 3 nitrogen and oxygen atoms in total. The lowest BCUT2D eigenvalue weighted by atomic mass is 10.4. The molecule has 2 aromatic rings. The predicted octanol–water partition coefficient (Wildman–Crippen LogP) is 1.13. The van der Waals surface area contributed by atoms with Gasteiger partial charge in [-0.2, -0.15) is 0 Å². The van der Waals surface area contributed by atoms with Crippen LogP contribution in [0.25, 0.3) is 11.0 Å². The van der Waals surface area contributed by atoms with Crippen molar-refractivity contribution in [2.75, 3.05) is 0 Å². The van der Waals surface area contributed by atoms with Crippen molar-refractivity contribution in [3.05, 3.63) is 24.3 Å². The van der Waals surface area contributed by atoms with Crippen molar-refractivity contribution in [2.45, 2.75) is 6.42 Å². The molecule has 58 valence electrons. The molecule has 0 aliphatic heterocycles. The summed E-state index contributed by atoms with van der Waals surface area (Å²) in [7, 11) is 0. The van der Waals surface area contributed by atoms with Gasteiger partial charge in [-0.15, -0.1) is 6.42 Å². The van der Waals surface area contributed by atoms with Gasteiger partial charge in [0.2, 0.25) is 0 Å². The molecule has 2 heterocycles. The van der Waals surface area contributed by atoms with E-state index < -0.39 is 0 Å². The Bertz CT molecular complexity index is 436. The molecular formula is C9H7N3. The molecule has 0 spiro atoms. The molecule has 0 aliphatic carbocycles. The first-order valence-electron chi connectivity index (χ1n) is 3.62. The second-order valence-corrected chi connectivity index (χ2v) is 2.45. The molecule has 0 unspecified atom stereocenters. The Morgan fingerprint density at radius 3 is 3.33 bits per heavy atom. The van der Waals surface area contributed by atoms with E-state index in [9.17, 15) is 0 Å². The van der Waals surface area contributed by atoms with E-state index in [2.05, 4.69) is 20.9 Å². The van der Waals surface area contributed by atoms with Crippen LogP contribution in [0.2, 0.25) is 0 Å². The molecule has 2 rings (SSSR count). The van der Waals surface area contributed by atoms with Crippen molar-refractivity contribution in [1.29, 1.82) is 0 Å². The van der Waals surface area contributed by atoms with E-state index >= 15 is 0 Å². The number of fused-ring (bicyclic) bond motifs is 1. The number of rotatable bonds is 1. The van der Waals surface area contributed by atoms with E-state index in [1.165, 1.54) is 0 Å². The fourth-order valence-corrected chi connectivity index (χ4v) is 1.05. The molecule has 0 saturated heterocycles. The maximum atomic E-state index is 5.14. The number of H-pyrrole nitrogens is 1. The molecule has 1 N–H and O–H groups in total. The van der Waals surface area contributed by atoms with Crippen LogP contribution in [0.5, 0.6) is 0 Å². The van der Waals surface area contributed by atoms with Gasteiger partial charge in [-0.3, -0.25) is 0 Å². The topological polar surface area (TPSA) is 41.6 Å². The number of nitrogens with zero attached hydrogens (tertiary/aromatic N) is 2. The van der Waals surface area contributed by atoms with Gasteiger partial charge in [-0.25, -0.2) is 9.97 Å². The van der Waals surface area contributed by atoms with Crippen LogP contribution in [0.4, 0.5) is 0 Å². The molecular weight excluding hydrogens is 150 g/mol. The molecule has 0 bridgehead atoms. The summed E-state index contributed by atoms with van der Waals surface area (Å²) in [5.74, 6) is 3.19. The Kier molecular flexibility index (Phi) is 1.52. The summed E-state index contributed by atoms with van der Waals surface area (Å²) in [6.45, 7) is 0. The zero-order chi connectivity index (χ0) is 8.39. The number of hydrogen-bond acceptors (Lipinski definition) is 2. The third-order valence-corrected chi connectivity index (χ3v) is 1.61. The second kappa shape index (κ2) is 2.67. The summed E-state index contributed by atoms with van der Waals surface area (Å²) < 4.78 is 0. The Labute approximate surface area is 69.9 Å². The maximum Gasteiger partial charge on any atom is 0.142 e. The molecule has 3 heteroatoms. The molecule has 0 saturated carbocycles. The van der Waals surface area contributed by atoms with Crippen LogP contribution in [-0.4, -0.2) is 15.0 Å². The minimum atomic E-state index is 0.481. The van der Waals surface area contributed by atoms with Gasteiger partial charge in [0, 0.05) is 17.8 Å². The molecule has 0 aromatic carbocycles. The lowest BCUT2D eigenvalue weighted by molar-refractivity contribution is 1.03. The van der Waals surface area contributed by atoms with Crippen LogP contribution >= 0.6 is 0 Å². The first-order chi connectivity index (χ1) is 5.90. The van der Waals surface area contributed by atoms with Gasteiger partial charge < -0.3 is 4.98 Å². The highest BCUT2D eigenvalue weighted by Crippen LogP contribution is 2.07.